The Balaban J connectivity index is 2.27. The first-order chi connectivity index (χ1) is 6.66. The highest BCUT2D eigenvalue weighted by Gasteiger charge is 2.24. The first-order valence-corrected chi connectivity index (χ1v) is 5.64. The van der Waals surface area contributed by atoms with E-state index >= 15 is 0 Å². The fourth-order valence-corrected chi connectivity index (χ4v) is 2.31. The summed E-state index contributed by atoms with van der Waals surface area (Å²) in [6.45, 7) is 3.17. The van der Waals surface area contributed by atoms with Crippen molar-refractivity contribution in [2.75, 3.05) is 6.54 Å². The molecular formula is C11H13BrFN. The molecule has 0 aromatic heterocycles. The van der Waals surface area contributed by atoms with E-state index in [2.05, 4.69) is 28.2 Å². The van der Waals surface area contributed by atoms with Crippen molar-refractivity contribution in [3.63, 3.8) is 0 Å². The monoisotopic (exact) mass is 257 g/mol. The lowest BCUT2D eigenvalue weighted by atomic mass is 10.0. The summed E-state index contributed by atoms with van der Waals surface area (Å²) in [5.41, 5.74) is 0.781. The van der Waals surface area contributed by atoms with Crippen LogP contribution in [0.4, 0.5) is 4.39 Å². The molecule has 0 saturated carbocycles. The van der Waals surface area contributed by atoms with E-state index < -0.39 is 0 Å². The number of rotatable bonds is 1. The molecule has 1 aromatic carbocycles. The van der Waals surface area contributed by atoms with Crippen LogP contribution in [0.25, 0.3) is 0 Å². The zero-order valence-corrected chi connectivity index (χ0v) is 9.64. The van der Waals surface area contributed by atoms with Crippen LogP contribution in [-0.4, -0.2) is 6.54 Å². The zero-order valence-electron chi connectivity index (χ0n) is 8.06. The van der Waals surface area contributed by atoms with Crippen molar-refractivity contribution in [1.82, 2.24) is 5.32 Å². The fraction of sp³-hybridized carbons (Fsp3) is 0.455. The molecule has 3 heteroatoms. The highest BCUT2D eigenvalue weighted by molar-refractivity contribution is 9.10. The summed E-state index contributed by atoms with van der Waals surface area (Å²) in [5, 5.41) is 3.33. The maximum absolute atomic E-state index is 13.5. The Morgan fingerprint density at radius 1 is 1.50 bits per heavy atom. The van der Waals surface area contributed by atoms with Crippen molar-refractivity contribution in [1.29, 1.82) is 0 Å². The molecule has 1 heterocycles. The maximum atomic E-state index is 13.5. The predicted octanol–water partition coefficient (Wildman–Crippen LogP) is 3.26. The first kappa shape index (κ1) is 10.1. The second-order valence-electron chi connectivity index (χ2n) is 3.97. The highest BCUT2D eigenvalue weighted by Crippen LogP contribution is 2.30. The summed E-state index contributed by atoms with van der Waals surface area (Å²) in [4.78, 5) is 0. The quantitative estimate of drug-likeness (QED) is 0.815. The molecule has 1 aliphatic heterocycles. The van der Waals surface area contributed by atoms with Crippen LogP contribution >= 0.6 is 15.9 Å². The van der Waals surface area contributed by atoms with E-state index in [0.29, 0.717) is 5.92 Å². The molecule has 2 atom stereocenters. The Hall–Kier alpha value is -0.410. The summed E-state index contributed by atoms with van der Waals surface area (Å²) in [7, 11) is 0. The summed E-state index contributed by atoms with van der Waals surface area (Å²) in [6.07, 6.45) is 1.02. The lowest BCUT2D eigenvalue weighted by molar-refractivity contribution is 0.549. The Morgan fingerprint density at radius 2 is 2.29 bits per heavy atom. The second-order valence-corrected chi connectivity index (χ2v) is 4.88. The Morgan fingerprint density at radius 3 is 2.93 bits per heavy atom. The third-order valence-corrected chi connectivity index (χ3v) is 3.18. The van der Waals surface area contributed by atoms with Gasteiger partial charge in [0.15, 0.2) is 0 Å². The Bertz CT molecular complexity index is 340. The molecule has 2 rings (SSSR count). The minimum atomic E-state index is -0.111. The molecule has 1 aromatic rings. The SMILES string of the molecule is CC1CNC(c2cc(Br)ccc2F)C1. The minimum Gasteiger partial charge on any atom is -0.310 e. The van der Waals surface area contributed by atoms with Crippen LogP contribution in [0.15, 0.2) is 22.7 Å². The van der Waals surface area contributed by atoms with Crippen molar-refractivity contribution in [2.45, 2.75) is 19.4 Å². The lowest BCUT2D eigenvalue weighted by Crippen LogP contribution is -2.14. The molecule has 0 aliphatic carbocycles. The first-order valence-electron chi connectivity index (χ1n) is 4.85. The molecule has 0 bridgehead atoms. The van der Waals surface area contributed by atoms with Crippen LogP contribution in [-0.2, 0) is 0 Å². The molecule has 1 nitrogen and oxygen atoms in total. The summed E-state index contributed by atoms with van der Waals surface area (Å²) >= 11 is 3.36. The lowest BCUT2D eigenvalue weighted by Gasteiger charge is -2.12. The minimum absolute atomic E-state index is 0.111. The van der Waals surface area contributed by atoms with Gasteiger partial charge in [0.05, 0.1) is 0 Å². The van der Waals surface area contributed by atoms with E-state index in [-0.39, 0.29) is 11.9 Å². The number of hydrogen-bond acceptors (Lipinski definition) is 1. The molecule has 1 aliphatic rings. The number of halogens is 2. The topological polar surface area (TPSA) is 12.0 Å². The Labute approximate surface area is 91.8 Å². The van der Waals surface area contributed by atoms with Crippen LogP contribution in [0.5, 0.6) is 0 Å². The van der Waals surface area contributed by atoms with E-state index in [1.54, 1.807) is 6.07 Å². The van der Waals surface area contributed by atoms with E-state index in [9.17, 15) is 4.39 Å². The van der Waals surface area contributed by atoms with E-state index in [1.807, 2.05) is 6.07 Å². The molecule has 1 N–H and O–H groups in total. The van der Waals surface area contributed by atoms with Crippen LogP contribution in [0, 0.1) is 11.7 Å². The number of nitrogens with one attached hydrogen (secondary N) is 1. The van der Waals surface area contributed by atoms with E-state index in [1.165, 1.54) is 6.07 Å². The number of benzene rings is 1. The average Bonchev–Trinajstić information content (AvgIpc) is 2.56. The Kier molecular flexibility index (Phi) is 2.88. The molecule has 1 saturated heterocycles. The van der Waals surface area contributed by atoms with Crippen LogP contribution in [0.2, 0.25) is 0 Å². The van der Waals surface area contributed by atoms with Crippen LogP contribution in [0.1, 0.15) is 24.9 Å². The molecule has 76 valence electrons. The third-order valence-electron chi connectivity index (χ3n) is 2.68. The summed E-state index contributed by atoms with van der Waals surface area (Å²) in [6, 6.07) is 5.30. The fourth-order valence-electron chi connectivity index (χ4n) is 1.93. The van der Waals surface area contributed by atoms with Gasteiger partial charge in [-0.3, -0.25) is 0 Å². The van der Waals surface area contributed by atoms with Crippen LogP contribution < -0.4 is 5.32 Å². The van der Waals surface area contributed by atoms with Crippen LogP contribution in [0.3, 0.4) is 0 Å². The van der Waals surface area contributed by atoms with Gasteiger partial charge in [-0.1, -0.05) is 22.9 Å². The van der Waals surface area contributed by atoms with Gasteiger partial charge in [0, 0.05) is 16.1 Å². The van der Waals surface area contributed by atoms with Crippen molar-refractivity contribution in [3.8, 4) is 0 Å². The summed E-state index contributed by atoms with van der Waals surface area (Å²) < 4.78 is 14.4. The molecule has 1 fully saturated rings. The summed E-state index contributed by atoms with van der Waals surface area (Å²) in [5.74, 6) is 0.526. The van der Waals surface area contributed by atoms with Gasteiger partial charge in [-0.25, -0.2) is 4.39 Å². The predicted molar refractivity (Wildman–Crippen MR) is 58.6 cm³/mol. The molecule has 0 amide bonds. The standard InChI is InChI=1S/C11H13BrFN/c1-7-4-11(14-6-7)9-5-8(12)2-3-10(9)13/h2-3,5,7,11,14H,4,6H2,1H3. The van der Waals surface area contributed by atoms with Gasteiger partial charge in [-0.15, -0.1) is 0 Å². The molecule has 0 spiro atoms. The van der Waals surface area contributed by atoms with Gasteiger partial charge in [0.1, 0.15) is 5.82 Å². The maximum Gasteiger partial charge on any atom is 0.128 e. The zero-order chi connectivity index (χ0) is 10.1. The molecule has 2 unspecified atom stereocenters. The smallest absolute Gasteiger partial charge is 0.128 e. The van der Waals surface area contributed by atoms with Crippen molar-refractivity contribution in [3.05, 3.63) is 34.1 Å². The van der Waals surface area contributed by atoms with Crippen molar-refractivity contribution >= 4 is 15.9 Å². The molecule has 0 radical (unpaired) electrons. The van der Waals surface area contributed by atoms with E-state index in [4.69, 9.17) is 0 Å². The third kappa shape index (κ3) is 1.98. The molecular weight excluding hydrogens is 245 g/mol. The average molecular weight is 258 g/mol. The number of hydrogen-bond donors (Lipinski definition) is 1. The van der Waals surface area contributed by atoms with Gasteiger partial charge in [-0.2, -0.15) is 0 Å². The van der Waals surface area contributed by atoms with Crippen molar-refractivity contribution in [2.24, 2.45) is 5.92 Å². The van der Waals surface area contributed by atoms with Gasteiger partial charge < -0.3 is 5.32 Å². The van der Waals surface area contributed by atoms with Crippen molar-refractivity contribution < 1.29 is 4.39 Å². The van der Waals surface area contributed by atoms with Gasteiger partial charge in [0.2, 0.25) is 0 Å². The molecule has 14 heavy (non-hydrogen) atoms. The highest BCUT2D eigenvalue weighted by atomic mass is 79.9. The normalized spacial score (nSPS) is 26.8. The largest absolute Gasteiger partial charge is 0.310 e. The van der Waals surface area contributed by atoms with Gasteiger partial charge in [0.25, 0.3) is 0 Å². The van der Waals surface area contributed by atoms with Gasteiger partial charge in [-0.05, 0) is 37.1 Å². The van der Waals surface area contributed by atoms with Gasteiger partial charge >= 0.3 is 0 Å². The van der Waals surface area contributed by atoms with E-state index in [0.717, 1.165) is 23.0 Å². The second kappa shape index (κ2) is 3.99.